The zero-order chi connectivity index (χ0) is 12.2. The zero-order valence-electron chi connectivity index (χ0n) is 10.6. The average molecular weight is 219 g/mol. The van der Waals surface area contributed by atoms with Gasteiger partial charge in [0.2, 0.25) is 5.91 Å². The fraction of sp³-hybridized carbons (Fsp3) is 0.500. The predicted molar refractivity (Wildman–Crippen MR) is 68.5 cm³/mol. The van der Waals surface area contributed by atoms with Crippen molar-refractivity contribution in [2.24, 2.45) is 5.41 Å². The summed E-state index contributed by atoms with van der Waals surface area (Å²) in [5.74, 6) is 0.0934. The summed E-state index contributed by atoms with van der Waals surface area (Å²) >= 11 is 0. The van der Waals surface area contributed by atoms with Crippen LogP contribution in [0.25, 0.3) is 0 Å². The SMILES string of the molecule is CCc1ccccc1NC(=O)C(C)(C)CC. The van der Waals surface area contributed by atoms with Crippen molar-refractivity contribution < 1.29 is 4.79 Å². The normalized spacial score (nSPS) is 11.2. The number of benzene rings is 1. The fourth-order valence-corrected chi connectivity index (χ4v) is 1.40. The number of rotatable bonds is 4. The van der Waals surface area contributed by atoms with Crippen LogP contribution in [0, 0.1) is 5.41 Å². The molecule has 0 aliphatic rings. The van der Waals surface area contributed by atoms with Crippen LogP contribution in [0.4, 0.5) is 5.69 Å². The Bertz CT molecular complexity index is 369. The molecule has 0 atom stereocenters. The minimum atomic E-state index is -0.305. The van der Waals surface area contributed by atoms with Gasteiger partial charge in [-0.25, -0.2) is 0 Å². The molecule has 0 radical (unpaired) electrons. The van der Waals surface area contributed by atoms with Crippen LogP contribution in [0.3, 0.4) is 0 Å². The highest BCUT2D eigenvalue weighted by Gasteiger charge is 2.25. The minimum Gasteiger partial charge on any atom is -0.325 e. The Labute approximate surface area is 98.1 Å². The van der Waals surface area contributed by atoms with Gasteiger partial charge in [0.15, 0.2) is 0 Å². The summed E-state index contributed by atoms with van der Waals surface area (Å²) in [7, 11) is 0. The van der Waals surface area contributed by atoms with E-state index in [1.807, 2.05) is 39.0 Å². The summed E-state index contributed by atoms with van der Waals surface area (Å²) in [6.07, 6.45) is 1.77. The number of anilines is 1. The van der Waals surface area contributed by atoms with Gasteiger partial charge in [0.05, 0.1) is 0 Å². The molecule has 0 bridgehead atoms. The van der Waals surface area contributed by atoms with Gasteiger partial charge in [0.25, 0.3) is 0 Å². The lowest BCUT2D eigenvalue weighted by molar-refractivity contribution is -0.124. The number of para-hydroxylation sites is 1. The number of carbonyl (C=O) groups is 1. The first-order chi connectivity index (χ1) is 7.51. The molecule has 0 unspecified atom stereocenters. The van der Waals surface area contributed by atoms with E-state index >= 15 is 0 Å². The minimum absolute atomic E-state index is 0.0934. The molecule has 0 saturated heterocycles. The molecule has 1 rings (SSSR count). The second-order valence-electron chi connectivity index (χ2n) is 4.70. The van der Waals surface area contributed by atoms with Gasteiger partial charge in [-0.15, -0.1) is 0 Å². The number of carbonyl (C=O) groups excluding carboxylic acids is 1. The van der Waals surface area contributed by atoms with Crippen molar-refractivity contribution in [3.63, 3.8) is 0 Å². The molecule has 1 N–H and O–H groups in total. The first-order valence-corrected chi connectivity index (χ1v) is 5.90. The third kappa shape index (κ3) is 2.84. The van der Waals surface area contributed by atoms with Crippen molar-refractivity contribution in [3.05, 3.63) is 29.8 Å². The molecular weight excluding hydrogens is 198 g/mol. The van der Waals surface area contributed by atoms with E-state index < -0.39 is 0 Å². The first kappa shape index (κ1) is 12.8. The van der Waals surface area contributed by atoms with Crippen molar-refractivity contribution in [2.45, 2.75) is 40.5 Å². The maximum atomic E-state index is 12.0. The quantitative estimate of drug-likeness (QED) is 0.823. The van der Waals surface area contributed by atoms with E-state index in [1.165, 1.54) is 5.56 Å². The van der Waals surface area contributed by atoms with Crippen molar-refractivity contribution in [3.8, 4) is 0 Å². The number of hydrogen-bond donors (Lipinski definition) is 1. The molecule has 1 aromatic carbocycles. The van der Waals surface area contributed by atoms with Gasteiger partial charge in [0.1, 0.15) is 0 Å². The number of aryl methyl sites for hydroxylation is 1. The van der Waals surface area contributed by atoms with Crippen molar-refractivity contribution in [1.29, 1.82) is 0 Å². The van der Waals surface area contributed by atoms with Crippen LogP contribution in [0.2, 0.25) is 0 Å². The van der Waals surface area contributed by atoms with Crippen LogP contribution in [0.15, 0.2) is 24.3 Å². The number of nitrogens with one attached hydrogen (secondary N) is 1. The van der Waals surface area contributed by atoms with E-state index in [2.05, 4.69) is 18.3 Å². The third-order valence-electron chi connectivity index (χ3n) is 3.15. The molecule has 1 aromatic rings. The zero-order valence-corrected chi connectivity index (χ0v) is 10.6. The van der Waals surface area contributed by atoms with E-state index in [0.29, 0.717) is 0 Å². The van der Waals surface area contributed by atoms with E-state index in [0.717, 1.165) is 18.5 Å². The van der Waals surface area contributed by atoms with Gasteiger partial charge in [-0.3, -0.25) is 4.79 Å². The molecule has 88 valence electrons. The molecule has 0 spiro atoms. The lowest BCUT2D eigenvalue weighted by atomic mass is 9.89. The standard InChI is InChI=1S/C14H21NO/c1-5-11-9-7-8-10-12(11)15-13(16)14(3,4)6-2/h7-10H,5-6H2,1-4H3,(H,15,16). The summed E-state index contributed by atoms with van der Waals surface area (Å²) < 4.78 is 0. The maximum Gasteiger partial charge on any atom is 0.230 e. The smallest absolute Gasteiger partial charge is 0.230 e. The molecule has 2 heteroatoms. The average Bonchev–Trinajstić information content (AvgIpc) is 2.29. The Morgan fingerprint density at radius 3 is 2.44 bits per heavy atom. The molecule has 2 nitrogen and oxygen atoms in total. The highest BCUT2D eigenvalue weighted by molar-refractivity contribution is 5.95. The molecule has 0 aliphatic heterocycles. The van der Waals surface area contributed by atoms with E-state index in [1.54, 1.807) is 0 Å². The van der Waals surface area contributed by atoms with Gasteiger partial charge in [-0.05, 0) is 24.5 Å². The molecule has 1 amide bonds. The first-order valence-electron chi connectivity index (χ1n) is 5.90. The van der Waals surface area contributed by atoms with Crippen LogP contribution in [0.1, 0.15) is 39.7 Å². The summed E-state index contributed by atoms with van der Waals surface area (Å²) in [6, 6.07) is 7.96. The van der Waals surface area contributed by atoms with E-state index in [9.17, 15) is 4.79 Å². The van der Waals surface area contributed by atoms with Crippen molar-refractivity contribution in [1.82, 2.24) is 0 Å². The summed E-state index contributed by atoms with van der Waals surface area (Å²) in [5, 5.41) is 3.01. The molecular formula is C14H21NO. The molecule has 0 aliphatic carbocycles. The maximum absolute atomic E-state index is 12.0. The molecule has 0 heterocycles. The van der Waals surface area contributed by atoms with Crippen LogP contribution in [0.5, 0.6) is 0 Å². The van der Waals surface area contributed by atoms with Crippen molar-refractivity contribution >= 4 is 11.6 Å². The van der Waals surface area contributed by atoms with Gasteiger partial charge >= 0.3 is 0 Å². The highest BCUT2D eigenvalue weighted by atomic mass is 16.2. The molecule has 0 saturated carbocycles. The Morgan fingerprint density at radius 1 is 1.25 bits per heavy atom. The second kappa shape index (κ2) is 5.15. The van der Waals surface area contributed by atoms with E-state index in [-0.39, 0.29) is 11.3 Å². The van der Waals surface area contributed by atoms with Gasteiger partial charge in [-0.2, -0.15) is 0 Å². The Kier molecular flexibility index (Phi) is 4.11. The van der Waals surface area contributed by atoms with Crippen LogP contribution < -0.4 is 5.32 Å². The highest BCUT2D eigenvalue weighted by Crippen LogP contribution is 2.24. The molecule has 16 heavy (non-hydrogen) atoms. The fourth-order valence-electron chi connectivity index (χ4n) is 1.40. The lowest BCUT2D eigenvalue weighted by Crippen LogP contribution is -2.30. The summed E-state index contributed by atoms with van der Waals surface area (Å²) in [6.45, 7) is 8.06. The largest absolute Gasteiger partial charge is 0.325 e. The monoisotopic (exact) mass is 219 g/mol. The van der Waals surface area contributed by atoms with Crippen LogP contribution >= 0.6 is 0 Å². The number of hydrogen-bond acceptors (Lipinski definition) is 1. The molecule has 0 aromatic heterocycles. The Morgan fingerprint density at radius 2 is 1.88 bits per heavy atom. The van der Waals surface area contributed by atoms with E-state index in [4.69, 9.17) is 0 Å². The van der Waals surface area contributed by atoms with Crippen molar-refractivity contribution in [2.75, 3.05) is 5.32 Å². The predicted octanol–water partition coefficient (Wildman–Crippen LogP) is 3.62. The summed E-state index contributed by atoms with van der Waals surface area (Å²) in [5.41, 5.74) is 1.82. The van der Waals surface area contributed by atoms with Gasteiger partial charge < -0.3 is 5.32 Å². The Hall–Kier alpha value is -1.31. The topological polar surface area (TPSA) is 29.1 Å². The third-order valence-corrected chi connectivity index (χ3v) is 3.15. The summed E-state index contributed by atoms with van der Waals surface area (Å²) in [4.78, 5) is 12.0. The number of amides is 1. The Balaban J connectivity index is 2.85. The van der Waals surface area contributed by atoms with Gasteiger partial charge in [-0.1, -0.05) is 45.9 Å². The van der Waals surface area contributed by atoms with Crippen LogP contribution in [-0.4, -0.2) is 5.91 Å². The molecule has 0 fully saturated rings. The second-order valence-corrected chi connectivity index (χ2v) is 4.70. The van der Waals surface area contributed by atoms with Gasteiger partial charge in [0, 0.05) is 11.1 Å². The lowest BCUT2D eigenvalue weighted by Gasteiger charge is -2.22. The van der Waals surface area contributed by atoms with Crippen LogP contribution in [-0.2, 0) is 11.2 Å².